The van der Waals surface area contributed by atoms with E-state index >= 15 is 0 Å². The molecule has 1 aliphatic rings. The molecule has 0 aliphatic carbocycles. The summed E-state index contributed by atoms with van der Waals surface area (Å²) in [7, 11) is -1.85. The Balaban J connectivity index is 1.56. The second kappa shape index (κ2) is 9.98. The fourth-order valence-corrected chi connectivity index (χ4v) is 4.75. The van der Waals surface area contributed by atoms with Gasteiger partial charge in [-0.2, -0.15) is 4.31 Å². The van der Waals surface area contributed by atoms with Crippen molar-refractivity contribution in [1.82, 2.24) is 14.5 Å². The van der Waals surface area contributed by atoms with Gasteiger partial charge in [-0.3, -0.25) is 9.69 Å². The molecule has 156 valence electrons. The standard InChI is InChI=1S/C21H27N3O4S/c1-28-15-10-22-21(25)19-7-5-6-18(16-19)17-23-11-13-24(14-12-23)29(26,27)20-8-3-2-4-9-20/h2-9,16H,10-15,17H2,1H3,(H,22,25). The van der Waals surface area contributed by atoms with Crippen molar-refractivity contribution >= 4 is 15.9 Å². The molecule has 0 unspecified atom stereocenters. The van der Waals surface area contributed by atoms with Crippen molar-refractivity contribution in [3.05, 3.63) is 65.7 Å². The Labute approximate surface area is 172 Å². The number of ether oxygens (including phenoxy) is 1. The summed E-state index contributed by atoms with van der Waals surface area (Å²) in [5, 5.41) is 2.82. The largest absolute Gasteiger partial charge is 0.383 e. The summed E-state index contributed by atoms with van der Waals surface area (Å²) >= 11 is 0. The van der Waals surface area contributed by atoms with E-state index < -0.39 is 10.0 Å². The van der Waals surface area contributed by atoms with E-state index in [1.807, 2.05) is 24.3 Å². The number of nitrogens with zero attached hydrogens (tertiary/aromatic N) is 2. The summed E-state index contributed by atoms with van der Waals surface area (Å²) in [6.45, 7) is 3.83. The molecule has 2 aromatic rings. The quantitative estimate of drug-likeness (QED) is 0.660. The van der Waals surface area contributed by atoms with Gasteiger partial charge in [0.05, 0.1) is 11.5 Å². The Hall–Kier alpha value is -2.26. The van der Waals surface area contributed by atoms with Crippen LogP contribution >= 0.6 is 0 Å². The summed E-state index contributed by atoms with van der Waals surface area (Å²) in [4.78, 5) is 14.7. The average Bonchev–Trinajstić information content (AvgIpc) is 2.75. The lowest BCUT2D eigenvalue weighted by Gasteiger charge is -2.34. The molecule has 1 N–H and O–H groups in total. The lowest BCUT2D eigenvalue weighted by atomic mass is 10.1. The third kappa shape index (κ3) is 5.63. The Kier molecular flexibility index (Phi) is 7.38. The van der Waals surface area contributed by atoms with E-state index in [4.69, 9.17) is 4.74 Å². The molecule has 1 heterocycles. The van der Waals surface area contributed by atoms with Gasteiger partial charge >= 0.3 is 0 Å². The van der Waals surface area contributed by atoms with Gasteiger partial charge in [0.25, 0.3) is 5.91 Å². The molecule has 0 saturated carbocycles. The van der Waals surface area contributed by atoms with Gasteiger partial charge < -0.3 is 10.1 Å². The van der Waals surface area contributed by atoms with Gasteiger partial charge in [-0.1, -0.05) is 30.3 Å². The SMILES string of the molecule is COCCNC(=O)c1cccc(CN2CCN(S(=O)(=O)c3ccccc3)CC2)c1. The maximum atomic E-state index is 12.7. The number of methoxy groups -OCH3 is 1. The maximum absolute atomic E-state index is 12.7. The van der Waals surface area contributed by atoms with Crippen LogP contribution in [0.2, 0.25) is 0 Å². The van der Waals surface area contributed by atoms with Crippen LogP contribution in [0.1, 0.15) is 15.9 Å². The van der Waals surface area contributed by atoms with Crippen molar-refractivity contribution in [3.63, 3.8) is 0 Å². The first-order valence-electron chi connectivity index (χ1n) is 9.64. The number of sulfonamides is 1. The molecular formula is C21H27N3O4S. The molecule has 1 amide bonds. The number of nitrogens with one attached hydrogen (secondary N) is 1. The van der Waals surface area contributed by atoms with Crippen LogP contribution in [-0.4, -0.2) is 70.0 Å². The molecule has 0 bridgehead atoms. The fraction of sp³-hybridized carbons (Fsp3) is 0.381. The van der Waals surface area contributed by atoms with Crippen molar-refractivity contribution in [2.75, 3.05) is 46.4 Å². The highest BCUT2D eigenvalue weighted by atomic mass is 32.2. The molecule has 0 aromatic heterocycles. The monoisotopic (exact) mass is 417 g/mol. The van der Waals surface area contributed by atoms with Crippen molar-refractivity contribution in [3.8, 4) is 0 Å². The molecule has 1 fully saturated rings. The molecule has 0 radical (unpaired) electrons. The topological polar surface area (TPSA) is 79.0 Å². The first-order chi connectivity index (χ1) is 14.0. The van der Waals surface area contributed by atoms with Crippen LogP contribution in [0.5, 0.6) is 0 Å². The molecule has 0 atom stereocenters. The summed E-state index contributed by atoms with van der Waals surface area (Å²) in [6, 6.07) is 16.1. The zero-order valence-electron chi connectivity index (χ0n) is 16.6. The third-order valence-corrected chi connectivity index (χ3v) is 6.81. The summed E-state index contributed by atoms with van der Waals surface area (Å²) in [6.07, 6.45) is 0. The van der Waals surface area contributed by atoms with E-state index in [0.717, 1.165) is 5.56 Å². The van der Waals surface area contributed by atoms with Crippen LogP contribution in [0.15, 0.2) is 59.5 Å². The van der Waals surface area contributed by atoms with E-state index in [1.165, 1.54) is 0 Å². The van der Waals surface area contributed by atoms with Crippen LogP contribution in [0.25, 0.3) is 0 Å². The molecular weight excluding hydrogens is 390 g/mol. The van der Waals surface area contributed by atoms with Crippen molar-refractivity contribution in [2.24, 2.45) is 0 Å². The van der Waals surface area contributed by atoms with E-state index in [1.54, 1.807) is 41.7 Å². The summed E-state index contributed by atoms with van der Waals surface area (Å²) in [5.74, 6) is -0.123. The highest BCUT2D eigenvalue weighted by molar-refractivity contribution is 7.89. The number of rotatable bonds is 8. The number of hydrogen-bond donors (Lipinski definition) is 1. The third-order valence-electron chi connectivity index (χ3n) is 4.90. The Morgan fingerprint density at radius 2 is 1.76 bits per heavy atom. The number of amides is 1. The van der Waals surface area contributed by atoms with Crippen LogP contribution in [0.4, 0.5) is 0 Å². The van der Waals surface area contributed by atoms with E-state index in [-0.39, 0.29) is 5.91 Å². The molecule has 1 saturated heterocycles. The van der Waals surface area contributed by atoms with Gasteiger partial charge in [0.2, 0.25) is 10.0 Å². The number of piperazine rings is 1. The number of carbonyl (C=O) groups is 1. The van der Waals surface area contributed by atoms with Crippen molar-refractivity contribution in [1.29, 1.82) is 0 Å². The number of benzene rings is 2. The van der Waals surface area contributed by atoms with Gasteiger partial charge in [0.1, 0.15) is 0 Å². The van der Waals surface area contributed by atoms with E-state index in [2.05, 4.69) is 10.2 Å². The van der Waals surface area contributed by atoms with Crippen molar-refractivity contribution in [2.45, 2.75) is 11.4 Å². The minimum atomic E-state index is -3.44. The van der Waals surface area contributed by atoms with Gasteiger partial charge in [-0.05, 0) is 29.8 Å². The van der Waals surface area contributed by atoms with Crippen LogP contribution in [-0.2, 0) is 21.3 Å². The molecule has 29 heavy (non-hydrogen) atoms. The Morgan fingerprint density at radius 3 is 2.45 bits per heavy atom. The van der Waals surface area contributed by atoms with E-state index in [9.17, 15) is 13.2 Å². The predicted molar refractivity (Wildman–Crippen MR) is 111 cm³/mol. The Bertz CT molecular complexity index is 911. The predicted octanol–water partition coefficient (Wildman–Crippen LogP) is 1.57. The van der Waals surface area contributed by atoms with Crippen LogP contribution < -0.4 is 5.32 Å². The highest BCUT2D eigenvalue weighted by Crippen LogP contribution is 2.18. The summed E-state index contributed by atoms with van der Waals surface area (Å²) < 4.78 is 32.0. The van der Waals surface area contributed by atoms with Gasteiger partial charge in [-0.15, -0.1) is 0 Å². The number of carbonyl (C=O) groups excluding carboxylic acids is 1. The lowest BCUT2D eigenvalue weighted by Crippen LogP contribution is -2.48. The highest BCUT2D eigenvalue weighted by Gasteiger charge is 2.28. The minimum Gasteiger partial charge on any atom is -0.383 e. The fourth-order valence-electron chi connectivity index (χ4n) is 3.31. The van der Waals surface area contributed by atoms with Gasteiger partial charge in [0.15, 0.2) is 0 Å². The smallest absolute Gasteiger partial charge is 0.251 e. The molecule has 1 aliphatic heterocycles. The van der Waals surface area contributed by atoms with Gasteiger partial charge in [-0.25, -0.2) is 8.42 Å². The maximum Gasteiger partial charge on any atom is 0.251 e. The normalized spacial score (nSPS) is 15.9. The summed E-state index contributed by atoms with van der Waals surface area (Å²) in [5.41, 5.74) is 1.65. The van der Waals surface area contributed by atoms with Gasteiger partial charge in [0, 0.05) is 51.9 Å². The van der Waals surface area contributed by atoms with Crippen LogP contribution in [0.3, 0.4) is 0 Å². The van der Waals surface area contributed by atoms with E-state index in [0.29, 0.717) is 56.3 Å². The minimum absolute atomic E-state index is 0.123. The zero-order valence-corrected chi connectivity index (χ0v) is 17.4. The first kappa shape index (κ1) is 21.4. The lowest BCUT2D eigenvalue weighted by molar-refractivity contribution is 0.0936. The molecule has 2 aromatic carbocycles. The second-order valence-corrected chi connectivity index (χ2v) is 8.88. The first-order valence-corrected chi connectivity index (χ1v) is 11.1. The number of hydrogen-bond acceptors (Lipinski definition) is 5. The van der Waals surface area contributed by atoms with Crippen molar-refractivity contribution < 1.29 is 17.9 Å². The molecule has 3 rings (SSSR count). The Morgan fingerprint density at radius 1 is 1.03 bits per heavy atom. The molecule has 8 heteroatoms. The second-order valence-electron chi connectivity index (χ2n) is 6.94. The zero-order chi connectivity index (χ0) is 20.7. The van der Waals surface area contributed by atoms with Crippen LogP contribution in [0, 0.1) is 0 Å². The molecule has 0 spiro atoms. The molecule has 7 nitrogen and oxygen atoms in total. The average molecular weight is 418 g/mol.